The van der Waals surface area contributed by atoms with Crippen molar-refractivity contribution >= 4 is 16.8 Å². The molecule has 0 N–H and O–H groups in total. The Morgan fingerprint density at radius 2 is 2.08 bits per heavy atom. The van der Waals surface area contributed by atoms with Gasteiger partial charge in [-0.3, -0.25) is 4.79 Å². The van der Waals surface area contributed by atoms with Crippen LogP contribution in [0.2, 0.25) is 0 Å². The summed E-state index contributed by atoms with van der Waals surface area (Å²) >= 11 is 5.09. The van der Waals surface area contributed by atoms with Crippen molar-refractivity contribution in [3.8, 4) is 0 Å². The van der Waals surface area contributed by atoms with Gasteiger partial charge >= 0.3 is 0 Å². The second kappa shape index (κ2) is 5.65. The Morgan fingerprint density at radius 3 is 2.38 bits per heavy atom. The molecule has 72 valence electrons. The summed E-state index contributed by atoms with van der Waals surface area (Å²) in [5, 5.41) is -0.812. The molecule has 0 aromatic carbocycles. The van der Waals surface area contributed by atoms with Crippen LogP contribution in [-0.2, 0) is 0 Å². The van der Waals surface area contributed by atoms with Gasteiger partial charge in [0.05, 0.1) is 5.56 Å². The lowest BCUT2D eigenvalue weighted by atomic mass is 10.2. The maximum absolute atomic E-state index is 12.7. The average molecular weight is 204 g/mol. The van der Waals surface area contributed by atoms with Gasteiger partial charge in [0.2, 0.25) is 5.95 Å². The van der Waals surface area contributed by atoms with Crippen molar-refractivity contribution in [3.63, 3.8) is 0 Å². The van der Waals surface area contributed by atoms with Crippen molar-refractivity contribution in [2.45, 2.75) is 20.8 Å². The summed E-state index contributed by atoms with van der Waals surface area (Å²) in [6, 6.07) is 1.53. The zero-order chi connectivity index (χ0) is 10.4. The Morgan fingerprint density at radius 1 is 1.54 bits per heavy atom. The van der Waals surface area contributed by atoms with Gasteiger partial charge in [0.1, 0.15) is 0 Å². The van der Waals surface area contributed by atoms with Crippen LogP contribution in [0, 0.1) is 12.9 Å². The zero-order valence-corrected chi connectivity index (χ0v) is 8.52. The number of carbonyl (C=O) groups is 1. The van der Waals surface area contributed by atoms with Gasteiger partial charge in [-0.1, -0.05) is 13.8 Å². The smallest absolute Gasteiger partial charge is 0.257 e. The third kappa shape index (κ3) is 3.11. The molecule has 0 aliphatic rings. The van der Waals surface area contributed by atoms with Crippen molar-refractivity contribution in [1.29, 1.82) is 0 Å². The molecule has 0 spiro atoms. The van der Waals surface area contributed by atoms with E-state index in [1.807, 2.05) is 13.8 Å². The van der Waals surface area contributed by atoms with Crippen LogP contribution in [0.3, 0.4) is 0 Å². The first-order valence-electron chi connectivity index (χ1n) is 3.94. The number of pyridine rings is 1. The number of halogens is 2. The van der Waals surface area contributed by atoms with Gasteiger partial charge in [-0.05, 0) is 30.2 Å². The quantitative estimate of drug-likeness (QED) is 0.519. The van der Waals surface area contributed by atoms with Gasteiger partial charge in [-0.15, -0.1) is 0 Å². The summed E-state index contributed by atoms with van der Waals surface area (Å²) in [7, 11) is 0. The molecule has 0 aliphatic heterocycles. The molecular weight excluding hydrogens is 193 g/mol. The van der Waals surface area contributed by atoms with Crippen LogP contribution in [0.15, 0.2) is 12.3 Å². The Labute approximate surface area is 81.7 Å². The second-order valence-electron chi connectivity index (χ2n) is 2.07. The molecule has 1 rings (SSSR count). The highest BCUT2D eigenvalue weighted by atomic mass is 35.5. The summed E-state index contributed by atoms with van der Waals surface area (Å²) in [6.07, 6.45) is 1.29. The molecule has 0 fully saturated rings. The molecule has 0 bridgehead atoms. The van der Waals surface area contributed by atoms with Crippen molar-refractivity contribution in [3.05, 3.63) is 29.3 Å². The van der Waals surface area contributed by atoms with Crippen LogP contribution >= 0.6 is 11.6 Å². The molecule has 1 aromatic rings. The van der Waals surface area contributed by atoms with Gasteiger partial charge in [0.25, 0.3) is 5.24 Å². The molecule has 4 heteroatoms. The highest BCUT2D eigenvalue weighted by Gasteiger charge is 2.12. The number of aromatic nitrogens is 1. The normalized spacial score (nSPS) is 8.69. The van der Waals surface area contributed by atoms with Crippen molar-refractivity contribution in [2.75, 3.05) is 0 Å². The maximum Gasteiger partial charge on any atom is 0.257 e. The van der Waals surface area contributed by atoms with Gasteiger partial charge in [0.15, 0.2) is 0 Å². The summed E-state index contributed by atoms with van der Waals surface area (Å²) in [6.45, 7) is 5.60. The lowest BCUT2D eigenvalue weighted by Gasteiger charge is -1.98. The van der Waals surface area contributed by atoms with Crippen LogP contribution in [0.4, 0.5) is 4.39 Å². The lowest BCUT2D eigenvalue weighted by molar-refractivity contribution is 0.107. The number of carbonyl (C=O) groups excluding carboxylic acids is 1. The first kappa shape index (κ1) is 12.0. The third-order valence-corrected chi connectivity index (χ3v) is 1.50. The highest BCUT2D eigenvalue weighted by Crippen LogP contribution is 2.12. The zero-order valence-electron chi connectivity index (χ0n) is 7.77. The molecule has 0 radical (unpaired) electrons. The van der Waals surface area contributed by atoms with E-state index < -0.39 is 11.2 Å². The van der Waals surface area contributed by atoms with Crippen molar-refractivity contribution < 1.29 is 9.18 Å². The van der Waals surface area contributed by atoms with Gasteiger partial charge in [-0.2, -0.15) is 4.39 Å². The summed E-state index contributed by atoms with van der Waals surface area (Å²) < 4.78 is 12.7. The number of nitrogens with zero attached hydrogens (tertiary/aromatic N) is 1. The minimum atomic E-state index is -0.815. The third-order valence-electron chi connectivity index (χ3n) is 1.31. The molecule has 0 aliphatic carbocycles. The monoisotopic (exact) mass is 203 g/mol. The van der Waals surface area contributed by atoms with Gasteiger partial charge in [0, 0.05) is 6.20 Å². The summed E-state index contributed by atoms with van der Waals surface area (Å²) in [5.74, 6) is -0.815. The molecule has 2 nitrogen and oxygen atoms in total. The molecule has 0 amide bonds. The molecule has 0 saturated carbocycles. The molecule has 0 saturated heterocycles. The maximum atomic E-state index is 12.7. The predicted molar refractivity (Wildman–Crippen MR) is 50.5 cm³/mol. The number of hydrogen-bond donors (Lipinski definition) is 0. The average Bonchev–Trinajstić information content (AvgIpc) is 2.07. The van der Waals surface area contributed by atoms with Gasteiger partial charge in [-0.25, -0.2) is 4.98 Å². The lowest BCUT2D eigenvalue weighted by Crippen LogP contribution is -2.00. The number of rotatable bonds is 1. The van der Waals surface area contributed by atoms with Crippen LogP contribution < -0.4 is 0 Å². The number of aryl methyl sites for hydroxylation is 1. The summed E-state index contributed by atoms with van der Waals surface area (Å²) in [4.78, 5) is 13.9. The van der Waals surface area contributed by atoms with E-state index >= 15 is 0 Å². The largest absolute Gasteiger partial charge is 0.275 e. The fraction of sp³-hybridized carbons (Fsp3) is 0.333. The first-order valence-corrected chi connectivity index (χ1v) is 4.31. The fourth-order valence-electron chi connectivity index (χ4n) is 0.761. The predicted octanol–water partition coefficient (Wildman–Crippen LogP) is 2.93. The SMILES string of the molecule is CC.Cc1ccnc(F)c1C(=O)Cl. The number of hydrogen-bond acceptors (Lipinski definition) is 2. The Balaban J connectivity index is 0.000000671. The van der Waals surface area contributed by atoms with E-state index in [2.05, 4.69) is 4.98 Å². The first-order chi connectivity index (χ1) is 6.13. The standard InChI is InChI=1S/C7H5ClFNO.C2H6/c1-4-2-3-10-7(9)5(4)6(8)11;1-2/h2-3H,1H3;1-2H3. The van der Waals surface area contributed by atoms with Crippen molar-refractivity contribution in [1.82, 2.24) is 4.98 Å². The molecule has 1 aromatic heterocycles. The molecule has 0 atom stereocenters. The molecular formula is C9H11ClFNO. The summed E-state index contributed by atoms with van der Waals surface area (Å²) in [5.41, 5.74) is 0.353. The minimum absolute atomic E-state index is 0.144. The van der Waals surface area contributed by atoms with Crippen LogP contribution in [0.5, 0.6) is 0 Å². The van der Waals surface area contributed by atoms with E-state index in [-0.39, 0.29) is 5.56 Å². The van der Waals surface area contributed by atoms with Gasteiger partial charge < -0.3 is 0 Å². The topological polar surface area (TPSA) is 30.0 Å². The highest BCUT2D eigenvalue weighted by molar-refractivity contribution is 6.67. The Kier molecular flexibility index (Phi) is 5.23. The molecule has 1 heterocycles. The van der Waals surface area contributed by atoms with Crippen LogP contribution in [-0.4, -0.2) is 10.2 Å². The van der Waals surface area contributed by atoms with E-state index in [1.165, 1.54) is 12.3 Å². The van der Waals surface area contributed by atoms with Crippen LogP contribution in [0.1, 0.15) is 29.8 Å². The van der Waals surface area contributed by atoms with E-state index in [0.717, 1.165) is 0 Å². The van der Waals surface area contributed by atoms with Crippen LogP contribution in [0.25, 0.3) is 0 Å². The van der Waals surface area contributed by atoms with E-state index in [4.69, 9.17) is 11.6 Å². The van der Waals surface area contributed by atoms with E-state index in [1.54, 1.807) is 6.92 Å². The van der Waals surface area contributed by atoms with E-state index in [0.29, 0.717) is 5.56 Å². The molecule has 13 heavy (non-hydrogen) atoms. The Bertz CT molecular complexity index is 281. The fourth-order valence-corrected chi connectivity index (χ4v) is 0.988. The van der Waals surface area contributed by atoms with E-state index in [9.17, 15) is 9.18 Å². The molecule has 0 unspecified atom stereocenters. The minimum Gasteiger partial charge on any atom is -0.275 e. The second-order valence-corrected chi connectivity index (χ2v) is 2.41. The Hall–Kier alpha value is -0.960. The van der Waals surface area contributed by atoms with Crippen molar-refractivity contribution in [2.24, 2.45) is 0 Å².